The van der Waals surface area contributed by atoms with E-state index in [9.17, 15) is 0 Å². The number of nitrogens with one attached hydrogen (secondary N) is 1. The zero-order chi connectivity index (χ0) is 14.8. The molecule has 0 saturated heterocycles. The minimum Gasteiger partial charge on any atom is -0.489 e. The molecule has 0 aromatic carbocycles. The van der Waals surface area contributed by atoms with Gasteiger partial charge in [0.15, 0.2) is 0 Å². The van der Waals surface area contributed by atoms with Crippen LogP contribution in [0.25, 0.3) is 0 Å². The van der Waals surface area contributed by atoms with E-state index in [0.29, 0.717) is 6.04 Å². The predicted octanol–water partition coefficient (Wildman–Crippen LogP) is 3.34. The molecule has 0 aliphatic carbocycles. The van der Waals surface area contributed by atoms with Gasteiger partial charge in [-0.3, -0.25) is 4.98 Å². The highest BCUT2D eigenvalue weighted by molar-refractivity contribution is 5.26. The summed E-state index contributed by atoms with van der Waals surface area (Å²) in [5, 5.41) is 3.51. The molecule has 1 rings (SSSR count). The van der Waals surface area contributed by atoms with Gasteiger partial charge in [-0.15, -0.1) is 0 Å². The minimum absolute atomic E-state index is 0.169. The highest BCUT2D eigenvalue weighted by Crippen LogP contribution is 2.22. The van der Waals surface area contributed by atoms with Gasteiger partial charge in [0.25, 0.3) is 0 Å². The number of nitrogens with zero attached hydrogens (tertiary/aromatic N) is 1. The zero-order valence-electron chi connectivity index (χ0n) is 13.2. The number of hydrogen-bond donors (Lipinski definition) is 1. The van der Waals surface area contributed by atoms with Gasteiger partial charge < -0.3 is 14.8 Å². The van der Waals surface area contributed by atoms with Crippen LogP contribution in [0.2, 0.25) is 0 Å². The number of hydrogen-bond acceptors (Lipinski definition) is 4. The summed E-state index contributed by atoms with van der Waals surface area (Å²) in [6.07, 6.45) is 5.94. The lowest BCUT2D eigenvalue weighted by molar-refractivity contribution is 0.141. The molecule has 1 heterocycles. The van der Waals surface area contributed by atoms with Crippen LogP contribution < -0.4 is 10.1 Å². The third-order valence-electron chi connectivity index (χ3n) is 2.94. The van der Waals surface area contributed by atoms with Crippen LogP contribution in [-0.2, 0) is 4.74 Å². The molecule has 114 valence electrons. The predicted molar refractivity (Wildman–Crippen MR) is 82.1 cm³/mol. The summed E-state index contributed by atoms with van der Waals surface area (Å²) in [6.45, 7) is 10.7. The summed E-state index contributed by atoms with van der Waals surface area (Å²) in [7, 11) is 0. The lowest BCUT2D eigenvalue weighted by Gasteiger charge is -2.19. The fraction of sp³-hybridized carbons (Fsp3) is 0.688. The third-order valence-corrected chi connectivity index (χ3v) is 2.94. The van der Waals surface area contributed by atoms with E-state index in [-0.39, 0.29) is 6.10 Å². The molecule has 0 spiro atoms. The summed E-state index contributed by atoms with van der Waals surface area (Å²) in [5.74, 6) is 0.838. The standard InChI is InChI=1S/C16H28N2O2/c1-5-18-16(8-7-9-19-6-2)14-10-15(12-17-11-14)20-13(3)4/h10-13,16,18H,5-9H2,1-4H3. The molecule has 1 aromatic rings. The van der Waals surface area contributed by atoms with Crippen LogP contribution in [0.1, 0.15) is 52.1 Å². The molecule has 0 amide bonds. The first-order chi connectivity index (χ1) is 9.67. The Balaban J connectivity index is 2.64. The molecule has 20 heavy (non-hydrogen) atoms. The first-order valence-corrected chi connectivity index (χ1v) is 7.60. The Labute approximate surface area is 122 Å². The molecule has 0 aliphatic heterocycles. The van der Waals surface area contributed by atoms with Crippen molar-refractivity contribution < 1.29 is 9.47 Å². The Bertz CT molecular complexity index is 369. The molecule has 0 saturated carbocycles. The maximum atomic E-state index is 5.71. The van der Waals surface area contributed by atoms with E-state index in [4.69, 9.17) is 9.47 Å². The van der Waals surface area contributed by atoms with Crippen LogP contribution in [0, 0.1) is 0 Å². The minimum atomic E-state index is 0.169. The second-order valence-electron chi connectivity index (χ2n) is 5.07. The molecular formula is C16H28N2O2. The van der Waals surface area contributed by atoms with Gasteiger partial charge in [0, 0.05) is 25.5 Å². The van der Waals surface area contributed by atoms with E-state index in [0.717, 1.165) is 38.3 Å². The van der Waals surface area contributed by atoms with Gasteiger partial charge in [-0.05, 0) is 51.8 Å². The summed E-state index contributed by atoms with van der Waals surface area (Å²) >= 11 is 0. The molecule has 0 radical (unpaired) electrons. The topological polar surface area (TPSA) is 43.4 Å². The Morgan fingerprint density at radius 3 is 2.70 bits per heavy atom. The van der Waals surface area contributed by atoms with Crippen molar-refractivity contribution in [2.75, 3.05) is 19.8 Å². The van der Waals surface area contributed by atoms with Crippen molar-refractivity contribution in [1.29, 1.82) is 0 Å². The lowest BCUT2D eigenvalue weighted by Crippen LogP contribution is -2.21. The second-order valence-corrected chi connectivity index (χ2v) is 5.07. The Kier molecular flexibility index (Phi) is 8.23. The number of rotatable bonds is 10. The molecule has 1 atom stereocenters. The third kappa shape index (κ3) is 6.35. The molecule has 1 aromatic heterocycles. The summed E-state index contributed by atoms with van der Waals surface area (Å²) in [4.78, 5) is 4.29. The van der Waals surface area contributed by atoms with Crippen molar-refractivity contribution in [2.45, 2.75) is 52.7 Å². The summed E-state index contributed by atoms with van der Waals surface area (Å²) in [6, 6.07) is 2.39. The summed E-state index contributed by atoms with van der Waals surface area (Å²) in [5.41, 5.74) is 1.18. The molecule has 1 N–H and O–H groups in total. The van der Waals surface area contributed by atoms with Crippen molar-refractivity contribution in [1.82, 2.24) is 10.3 Å². The Morgan fingerprint density at radius 1 is 1.25 bits per heavy atom. The highest BCUT2D eigenvalue weighted by atomic mass is 16.5. The number of pyridine rings is 1. The molecule has 1 unspecified atom stereocenters. The molecular weight excluding hydrogens is 252 g/mol. The van der Waals surface area contributed by atoms with Gasteiger partial charge >= 0.3 is 0 Å². The van der Waals surface area contributed by atoms with E-state index in [1.807, 2.05) is 27.0 Å². The average Bonchev–Trinajstić information content (AvgIpc) is 2.42. The normalized spacial score (nSPS) is 12.7. The van der Waals surface area contributed by atoms with Gasteiger partial charge in [0.2, 0.25) is 0 Å². The van der Waals surface area contributed by atoms with E-state index >= 15 is 0 Å². The van der Waals surface area contributed by atoms with Crippen molar-refractivity contribution in [3.05, 3.63) is 24.0 Å². The SMILES string of the molecule is CCNC(CCCOCC)c1cncc(OC(C)C)c1. The largest absolute Gasteiger partial charge is 0.489 e. The van der Waals surface area contributed by atoms with Crippen molar-refractivity contribution in [3.8, 4) is 5.75 Å². The van der Waals surface area contributed by atoms with Crippen LogP contribution in [0.3, 0.4) is 0 Å². The first-order valence-electron chi connectivity index (χ1n) is 7.60. The van der Waals surface area contributed by atoms with E-state index < -0.39 is 0 Å². The van der Waals surface area contributed by atoms with Gasteiger partial charge in [0.1, 0.15) is 5.75 Å². The molecule has 4 nitrogen and oxygen atoms in total. The van der Waals surface area contributed by atoms with Crippen molar-refractivity contribution in [3.63, 3.8) is 0 Å². The fourth-order valence-electron chi connectivity index (χ4n) is 2.13. The molecule has 4 heteroatoms. The second kappa shape index (κ2) is 9.72. The molecule has 0 fully saturated rings. The van der Waals surface area contributed by atoms with Crippen LogP contribution in [-0.4, -0.2) is 30.8 Å². The van der Waals surface area contributed by atoms with Crippen LogP contribution >= 0.6 is 0 Å². The van der Waals surface area contributed by atoms with Crippen LogP contribution in [0.5, 0.6) is 5.75 Å². The van der Waals surface area contributed by atoms with Gasteiger partial charge in [0.05, 0.1) is 12.3 Å². The Hall–Kier alpha value is -1.13. The highest BCUT2D eigenvalue weighted by Gasteiger charge is 2.12. The summed E-state index contributed by atoms with van der Waals surface area (Å²) < 4.78 is 11.1. The quantitative estimate of drug-likeness (QED) is 0.668. The maximum absolute atomic E-state index is 5.71. The number of ether oxygens (including phenoxy) is 2. The molecule has 0 aliphatic rings. The van der Waals surface area contributed by atoms with E-state index in [2.05, 4.69) is 23.3 Å². The lowest BCUT2D eigenvalue weighted by atomic mass is 10.0. The van der Waals surface area contributed by atoms with Crippen LogP contribution in [0.15, 0.2) is 18.5 Å². The van der Waals surface area contributed by atoms with Crippen LogP contribution in [0.4, 0.5) is 0 Å². The van der Waals surface area contributed by atoms with Gasteiger partial charge in [-0.2, -0.15) is 0 Å². The van der Waals surface area contributed by atoms with Gasteiger partial charge in [-0.1, -0.05) is 6.92 Å². The van der Waals surface area contributed by atoms with Crippen molar-refractivity contribution in [2.24, 2.45) is 0 Å². The monoisotopic (exact) mass is 280 g/mol. The fourth-order valence-corrected chi connectivity index (χ4v) is 2.13. The Morgan fingerprint density at radius 2 is 2.05 bits per heavy atom. The first kappa shape index (κ1) is 16.9. The maximum Gasteiger partial charge on any atom is 0.138 e. The van der Waals surface area contributed by atoms with Crippen molar-refractivity contribution >= 4 is 0 Å². The van der Waals surface area contributed by atoms with Gasteiger partial charge in [-0.25, -0.2) is 0 Å². The van der Waals surface area contributed by atoms with E-state index in [1.54, 1.807) is 6.20 Å². The smallest absolute Gasteiger partial charge is 0.138 e. The average molecular weight is 280 g/mol. The zero-order valence-corrected chi connectivity index (χ0v) is 13.2. The molecule has 0 bridgehead atoms. The van der Waals surface area contributed by atoms with E-state index in [1.165, 1.54) is 5.56 Å². The number of aromatic nitrogens is 1.